The van der Waals surface area contributed by atoms with Gasteiger partial charge in [0, 0.05) is 5.69 Å². The fourth-order valence-electron chi connectivity index (χ4n) is 1.10. The molecule has 5 nitrogen and oxygen atoms in total. The first-order valence-electron chi connectivity index (χ1n) is 3.89. The Morgan fingerprint density at radius 3 is 2.64 bits per heavy atom. The molecule has 0 radical (unpaired) electrons. The summed E-state index contributed by atoms with van der Waals surface area (Å²) in [6.07, 6.45) is 0. The molecular weight excluding hydrogens is 252 g/mol. The molecule has 0 bridgehead atoms. The molecule has 76 valence electrons. The van der Waals surface area contributed by atoms with Crippen molar-refractivity contribution < 1.29 is 9.90 Å². The Kier molecular flexibility index (Phi) is 3.05. The Labute approximate surface area is 88.5 Å². The first-order chi connectivity index (χ1) is 6.43. The van der Waals surface area contributed by atoms with E-state index in [1.807, 2.05) is 0 Å². The predicted molar refractivity (Wildman–Crippen MR) is 53.3 cm³/mol. The Hall–Kier alpha value is -1.17. The van der Waals surface area contributed by atoms with Gasteiger partial charge in [-0.3, -0.25) is 9.36 Å². The van der Waals surface area contributed by atoms with Crippen molar-refractivity contribution in [3.63, 3.8) is 0 Å². The highest BCUT2D eigenvalue weighted by molar-refractivity contribution is 9.10. The highest BCUT2D eigenvalue weighted by Gasteiger charge is 2.11. The molecule has 0 aliphatic carbocycles. The number of aliphatic carboxylic acids is 1. The van der Waals surface area contributed by atoms with Gasteiger partial charge in [-0.1, -0.05) is 0 Å². The highest BCUT2D eigenvalue weighted by atomic mass is 79.9. The number of halogens is 1. The number of hydrogen-bond donors (Lipinski definition) is 1. The summed E-state index contributed by atoms with van der Waals surface area (Å²) in [6.45, 7) is 2.99. The van der Waals surface area contributed by atoms with Crippen molar-refractivity contribution in [3.05, 3.63) is 26.3 Å². The van der Waals surface area contributed by atoms with Crippen LogP contribution in [0.5, 0.6) is 0 Å². The van der Waals surface area contributed by atoms with Crippen LogP contribution in [0.15, 0.2) is 9.27 Å². The second kappa shape index (κ2) is 3.91. The van der Waals surface area contributed by atoms with Crippen molar-refractivity contribution >= 4 is 21.9 Å². The van der Waals surface area contributed by atoms with Crippen molar-refractivity contribution in [1.29, 1.82) is 0 Å². The van der Waals surface area contributed by atoms with E-state index in [4.69, 9.17) is 5.11 Å². The van der Waals surface area contributed by atoms with E-state index >= 15 is 0 Å². The van der Waals surface area contributed by atoms with E-state index in [0.717, 1.165) is 4.57 Å². The third kappa shape index (κ3) is 2.01. The molecule has 0 saturated carbocycles. The van der Waals surface area contributed by atoms with Crippen LogP contribution in [0, 0.1) is 13.8 Å². The van der Waals surface area contributed by atoms with Gasteiger partial charge in [-0.2, -0.15) is 4.98 Å². The molecule has 1 heterocycles. The monoisotopic (exact) mass is 260 g/mol. The van der Waals surface area contributed by atoms with Gasteiger partial charge in [0.15, 0.2) is 0 Å². The van der Waals surface area contributed by atoms with E-state index in [0.29, 0.717) is 15.9 Å². The summed E-state index contributed by atoms with van der Waals surface area (Å²) in [4.78, 5) is 25.5. The Morgan fingerprint density at radius 1 is 1.57 bits per heavy atom. The topological polar surface area (TPSA) is 72.2 Å². The lowest BCUT2D eigenvalue weighted by atomic mass is 10.3. The van der Waals surface area contributed by atoms with Crippen LogP contribution in [0.3, 0.4) is 0 Å². The van der Waals surface area contributed by atoms with Crippen LogP contribution in [0.4, 0.5) is 0 Å². The van der Waals surface area contributed by atoms with Crippen LogP contribution in [0.1, 0.15) is 11.4 Å². The van der Waals surface area contributed by atoms with Gasteiger partial charge in [-0.15, -0.1) is 0 Å². The van der Waals surface area contributed by atoms with Gasteiger partial charge in [0.2, 0.25) is 0 Å². The smallest absolute Gasteiger partial charge is 0.348 e. The van der Waals surface area contributed by atoms with E-state index in [9.17, 15) is 9.59 Å². The van der Waals surface area contributed by atoms with Crippen molar-refractivity contribution in [2.45, 2.75) is 20.4 Å². The molecular formula is C8H9BrN2O3. The molecule has 1 aromatic rings. The maximum absolute atomic E-state index is 11.3. The SMILES string of the molecule is Cc1nc(=O)n(CC(=O)O)c(C)c1Br. The van der Waals surface area contributed by atoms with Crippen LogP contribution in [-0.2, 0) is 11.3 Å². The standard InChI is InChI=1S/C8H9BrN2O3/c1-4-7(9)5(2)11(3-6(12)13)8(14)10-4/h3H2,1-2H3,(H,12,13). The predicted octanol–water partition coefficient (Wildman–Crippen LogP) is 0.707. The van der Waals surface area contributed by atoms with Crippen molar-refractivity contribution in [1.82, 2.24) is 9.55 Å². The van der Waals surface area contributed by atoms with Crippen LogP contribution in [-0.4, -0.2) is 20.6 Å². The molecule has 0 saturated heterocycles. The molecule has 1 N–H and O–H groups in total. The third-order valence-corrected chi connectivity index (χ3v) is 2.98. The fourth-order valence-corrected chi connectivity index (χ4v) is 1.40. The third-order valence-electron chi connectivity index (χ3n) is 1.83. The first-order valence-corrected chi connectivity index (χ1v) is 4.68. The van der Waals surface area contributed by atoms with Gasteiger partial charge in [0.05, 0.1) is 10.2 Å². The number of rotatable bonds is 2. The second-order valence-corrected chi connectivity index (χ2v) is 3.65. The fraction of sp³-hybridized carbons (Fsp3) is 0.375. The quantitative estimate of drug-likeness (QED) is 0.850. The van der Waals surface area contributed by atoms with E-state index < -0.39 is 11.7 Å². The number of aryl methyl sites for hydroxylation is 1. The van der Waals surface area contributed by atoms with E-state index in [2.05, 4.69) is 20.9 Å². The largest absolute Gasteiger partial charge is 0.480 e. The van der Waals surface area contributed by atoms with Gasteiger partial charge in [-0.05, 0) is 29.8 Å². The van der Waals surface area contributed by atoms with Crippen molar-refractivity contribution in [2.75, 3.05) is 0 Å². The summed E-state index contributed by atoms with van der Waals surface area (Å²) in [6, 6.07) is 0. The zero-order valence-electron chi connectivity index (χ0n) is 7.74. The van der Waals surface area contributed by atoms with Crippen LogP contribution < -0.4 is 5.69 Å². The number of nitrogens with zero attached hydrogens (tertiary/aromatic N) is 2. The summed E-state index contributed by atoms with van der Waals surface area (Å²) < 4.78 is 1.78. The Bertz CT molecular complexity index is 439. The average Bonchev–Trinajstić information content (AvgIpc) is 2.09. The lowest BCUT2D eigenvalue weighted by molar-refractivity contribution is -0.137. The van der Waals surface area contributed by atoms with Crippen molar-refractivity contribution in [3.8, 4) is 0 Å². The lowest BCUT2D eigenvalue weighted by Gasteiger charge is -2.09. The van der Waals surface area contributed by atoms with Crippen molar-refractivity contribution in [2.24, 2.45) is 0 Å². The molecule has 0 unspecified atom stereocenters. The number of carboxylic acid groups (broad SMARTS) is 1. The van der Waals surface area contributed by atoms with Crippen LogP contribution >= 0.6 is 15.9 Å². The summed E-state index contributed by atoms with van der Waals surface area (Å²) in [5.74, 6) is -1.06. The molecule has 0 aliphatic rings. The molecule has 0 aliphatic heterocycles. The summed E-state index contributed by atoms with van der Waals surface area (Å²) >= 11 is 3.24. The number of hydrogen-bond acceptors (Lipinski definition) is 3. The zero-order chi connectivity index (χ0) is 10.9. The van der Waals surface area contributed by atoms with E-state index in [1.54, 1.807) is 13.8 Å². The van der Waals surface area contributed by atoms with Gasteiger partial charge in [0.25, 0.3) is 0 Å². The summed E-state index contributed by atoms with van der Waals surface area (Å²) in [5, 5.41) is 8.57. The molecule has 0 spiro atoms. The Morgan fingerprint density at radius 2 is 2.14 bits per heavy atom. The highest BCUT2D eigenvalue weighted by Crippen LogP contribution is 2.16. The minimum absolute atomic E-state index is 0.365. The molecule has 0 amide bonds. The normalized spacial score (nSPS) is 10.2. The number of carbonyl (C=O) groups is 1. The molecule has 1 rings (SSSR count). The van der Waals surface area contributed by atoms with E-state index in [1.165, 1.54) is 0 Å². The molecule has 1 aromatic heterocycles. The van der Waals surface area contributed by atoms with Gasteiger partial charge >= 0.3 is 11.7 Å². The van der Waals surface area contributed by atoms with Gasteiger partial charge in [0.1, 0.15) is 6.54 Å². The lowest BCUT2D eigenvalue weighted by Crippen LogP contribution is -2.29. The van der Waals surface area contributed by atoms with Gasteiger partial charge in [-0.25, -0.2) is 4.79 Å². The minimum Gasteiger partial charge on any atom is -0.480 e. The van der Waals surface area contributed by atoms with Gasteiger partial charge < -0.3 is 5.11 Å². The molecule has 0 fully saturated rings. The first kappa shape index (κ1) is 10.9. The molecule has 0 aromatic carbocycles. The summed E-state index contributed by atoms with van der Waals surface area (Å²) in [5.41, 5.74) is 0.602. The maximum Gasteiger partial charge on any atom is 0.348 e. The molecule has 0 atom stereocenters. The zero-order valence-corrected chi connectivity index (χ0v) is 9.33. The Balaban J connectivity index is 3.37. The molecule has 6 heteroatoms. The summed E-state index contributed by atoms with van der Waals surface area (Å²) in [7, 11) is 0. The van der Waals surface area contributed by atoms with Crippen LogP contribution in [0.25, 0.3) is 0 Å². The minimum atomic E-state index is -1.06. The van der Waals surface area contributed by atoms with Crippen LogP contribution in [0.2, 0.25) is 0 Å². The maximum atomic E-state index is 11.3. The molecule has 14 heavy (non-hydrogen) atoms. The number of aromatic nitrogens is 2. The second-order valence-electron chi connectivity index (χ2n) is 2.86. The average molecular weight is 261 g/mol. The number of carboxylic acids is 1. The van der Waals surface area contributed by atoms with E-state index in [-0.39, 0.29) is 6.54 Å².